The van der Waals surface area contributed by atoms with Crippen molar-refractivity contribution >= 4 is 23.2 Å². The molecule has 1 aliphatic carbocycles. The fourth-order valence-corrected chi connectivity index (χ4v) is 3.74. The normalized spacial score (nSPS) is 14.5. The molecule has 1 aliphatic rings. The van der Waals surface area contributed by atoms with E-state index in [1.165, 1.54) is 31.7 Å². The molecule has 0 spiro atoms. The highest BCUT2D eigenvalue weighted by atomic mass is 35.5. The van der Waals surface area contributed by atoms with E-state index in [2.05, 4.69) is 5.32 Å². The molecule has 0 amide bonds. The van der Waals surface area contributed by atoms with Crippen molar-refractivity contribution < 1.29 is 13.9 Å². The van der Waals surface area contributed by atoms with Gasteiger partial charge in [-0.15, -0.1) is 0 Å². The van der Waals surface area contributed by atoms with E-state index in [0.717, 1.165) is 5.56 Å². The first-order valence-corrected chi connectivity index (χ1v) is 10.1. The smallest absolute Gasteiger partial charge is 0.163 e. The minimum absolute atomic E-state index is 0.00157. The van der Waals surface area contributed by atoms with Crippen LogP contribution in [0.1, 0.15) is 43.7 Å². The van der Waals surface area contributed by atoms with Crippen molar-refractivity contribution in [2.75, 3.05) is 6.61 Å². The highest BCUT2D eigenvalue weighted by Crippen LogP contribution is 2.35. The summed E-state index contributed by atoms with van der Waals surface area (Å²) in [7, 11) is 0. The first-order valence-electron chi connectivity index (χ1n) is 9.32. The SMILES string of the molecule is CCOc1cc(CNC2CCCC2)c(Cl)cc1OCc1c(F)cccc1Cl. The molecule has 0 aromatic heterocycles. The summed E-state index contributed by atoms with van der Waals surface area (Å²) >= 11 is 12.5. The molecule has 1 N–H and O–H groups in total. The van der Waals surface area contributed by atoms with E-state index in [0.29, 0.717) is 46.3 Å². The first-order chi connectivity index (χ1) is 13.1. The van der Waals surface area contributed by atoms with Gasteiger partial charge in [0.1, 0.15) is 12.4 Å². The lowest BCUT2D eigenvalue weighted by molar-refractivity contribution is 0.265. The molecule has 1 saturated carbocycles. The van der Waals surface area contributed by atoms with Gasteiger partial charge in [-0.3, -0.25) is 0 Å². The highest BCUT2D eigenvalue weighted by Gasteiger charge is 2.17. The fourth-order valence-electron chi connectivity index (χ4n) is 3.30. The molecular formula is C21H24Cl2FNO2. The second kappa shape index (κ2) is 9.63. The van der Waals surface area contributed by atoms with Gasteiger partial charge in [-0.05, 0) is 43.5 Å². The minimum Gasteiger partial charge on any atom is -0.490 e. The maximum atomic E-state index is 14.0. The van der Waals surface area contributed by atoms with Crippen LogP contribution in [-0.4, -0.2) is 12.6 Å². The summed E-state index contributed by atoms with van der Waals surface area (Å²) in [6.45, 7) is 3.08. The molecule has 3 nitrogen and oxygen atoms in total. The third-order valence-corrected chi connectivity index (χ3v) is 5.49. The molecule has 146 valence electrons. The number of hydrogen-bond acceptors (Lipinski definition) is 3. The zero-order valence-corrected chi connectivity index (χ0v) is 16.9. The molecule has 0 aliphatic heterocycles. The molecule has 0 atom stereocenters. The largest absolute Gasteiger partial charge is 0.490 e. The van der Waals surface area contributed by atoms with Crippen LogP contribution in [-0.2, 0) is 13.2 Å². The van der Waals surface area contributed by atoms with Crippen LogP contribution in [0, 0.1) is 5.82 Å². The van der Waals surface area contributed by atoms with Crippen molar-refractivity contribution in [2.24, 2.45) is 0 Å². The van der Waals surface area contributed by atoms with E-state index in [-0.39, 0.29) is 6.61 Å². The maximum Gasteiger partial charge on any atom is 0.163 e. The Kier molecular flexibility index (Phi) is 7.22. The monoisotopic (exact) mass is 411 g/mol. The molecule has 0 heterocycles. The standard InChI is InChI=1S/C21H24Cl2FNO2/c1-2-26-20-10-14(12-25-15-6-3-4-7-15)18(23)11-21(20)27-13-16-17(22)8-5-9-19(16)24/h5,8-11,15,25H,2-4,6-7,12-13H2,1H3. The molecule has 0 unspecified atom stereocenters. The summed E-state index contributed by atoms with van der Waals surface area (Å²) in [5.74, 6) is 0.673. The van der Waals surface area contributed by atoms with Crippen molar-refractivity contribution in [3.8, 4) is 11.5 Å². The summed E-state index contributed by atoms with van der Waals surface area (Å²) in [6.07, 6.45) is 4.98. The minimum atomic E-state index is -0.399. The summed E-state index contributed by atoms with van der Waals surface area (Å²) in [5.41, 5.74) is 1.27. The van der Waals surface area contributed by atoms with Crippen molar-refractivity contribution in [1.29, 1.82) is 0 Å². The van der Waals surface area contributed by atoms with Gasteiger partial charge in [0.05, 0.1) is 11.6 Å². The number of rotatable bonds is 8. The molecular weight excluding hydrogens is 388 g/mol. The second-order valence-electron chi connectivity index (χ2n) is 6.67. The average Bonchev–Trinajstić information content (AvgIpc) is 3.16. The van der Waals surface area contributed by atoms with Crippen LogP contribution >= 0.6 is 23.2 Å². The second-order valence-corrected chi connectivity index (χ2v) is 7.49. The lowest BCUT2D eigenvalue weighted by Gasteiger charge is -2.17. The predicted molar refractivity (Wildman–Crippen MR) is 107 cm³/mol. The van der Waals surface area contributed by atoms with Gasteiger partial charge in [0, 0.05) is 29.2 Å². The summed E-state index contributed by atoms with van der Waals surface area (Å²) in [6, 6.07) is 8.74. The van der Waals surface area contributed by atoms with E-state index in [1.807, 2.05) is 13.0 Å². The molecule has 6 heteroatoms. The Morgan fingerprint density at radius 1 is 1.07 bits per heavy atom. The van der Waals surface area contributed by atoms with Gasteiger partial charge < -0.3 is 14.8 Å². The van der Waals surface area contributed by atoms with E-state index in [4.69, 9.17) is 32.7 Å². The van der Waals surface area contributed by atoms with Gasteiger partial charge in [0.2, 0.25) is 0 Å². The summed E-state index contributed by atoms with van der Waals surface area (Å²) in [4.78, 5) is 0. The van der Waals surface area contributed by atoms with Gasteiger partial charge in [-0.25, -0.2) is 4.39 Å². The summed E-state index contributed by atoms with van der Waals surface area (Å²) < 4.78 is 25.5. The number of benzene rings is 2. The maximum absolute atomic E-state index is 14.0. The van der Waals surface area contributed by atoms with Crippen LogP contribution in [0.2, 0.25) is 10.0 Å². The van der Waals surface area contributed by atoms with Gasteiger partial charge in [0.15, 0.2) is 11.5 Å². The Morgan fingerprint density at radius 3 is 2.52 bits per heavy atom. The Hall–Kier alpha value is -1.49. The van der Waals surface area contributed by atoms with Crippen LogP contribution in [0.5, 0.6) is 11.5 Å². The molecule has 1 fully saturated rings. The molecule has 0 saturated heterocycles. The average molecular weight is 412 g/mol. The van der Waals surface area contributed by atoms with Crippen molar-refractivity contribution in [2.45, 2.75) is 51.8 Å². The highest BCUT2D eigenvalue weighted by molar-refractivity contribution is 6.31. The van der Waals surface area contributed by atoms with Crippen molar-refractivity contribution in [3.63, 3.8) is 0 Å². The Balaban J connectivity index is 1.74. The molecule has 0 radical (unpaired) electrons. The van der Waals surface area contributed by atoms with E-state index in [9.17, 15) is 4.39 Å². The predicted octanol–water partition coefficient (Wildman–Crippen LogP) is 6.14. The van der Waals surface area contributed by atoms with Gasteiger partial charge in [-0.1, -0.05) is 42.1 Å². The molecule has 3 rings (SSSR count). The lowest BCUT2D eigenvalue weighted by Crippen LogP contribution is -2.25. The van der Waals surface area contributed by atoms with Crippen LogP contribution in [0.3, 0.4) is 0 Å². The topological polar surface area (TPSA) is 30.5 Å². The van der Waals surface area contributed by atoms with Gasteiger partial charge >= 0.3 is 0 Å². The zero-order chi connectivity index (χ0) is 19.2. The Bertz CT molecular complexity index is 759. The van der Waals surface area contributed by atoms with Gasteiger partial charge in [-0.2, -0.15) is 0 Å². The Morgan fingerprint density at radius 2 is 1.81 bits per heavy atom. The Labute approximate surface area is 169 Å². The third-order valence-electron chi connectivity index (χ3n) is 4.78. The third kappa shape index (κ3) is 5.28. The molecule has 0 bridgehead atoms. The van der Waals surface area contributed by atoms with Crippen LogP contribution in [0.25, 0.3) is 0 Å². The van der Waals surface area contributed by atoms with E-state index < -0.39 is 5.82 Å². The van der Waals surface area contributed by atoms with E-state index >= 15 is 0 Å². The fraction of sp³-hybridized carbons (Fsp3) is 0.429. The first kappa shape index (κ1) is 20.2. The molecule has 2 aromatic rings. The van der Waals surface area contributed by atoms with Crippen molar-refractivity contribution in [1.82, 2.24) is 5.32 Å². The number of hydrogen-bond donors (Lipinski definition) is 1. The van der Waals surface area contributed by atoms with Crippen LogP contribution in [0.4, 0.5) is 4.39 Å². The van der Waals surface area contributed by atoms with Crippen molar-refractivity contribution in [3.05, 3.63) is 57.3 Å². The summed E-state index contributed by atoms with van der Waals surface area (Å²) in [5, 5.41) is 4.48. The lowest BCUT2D eigenvalue weighted by atomic mass is 10.1. The van der Waals surface area contributed by atoms with E-state index in [1.54, 1.807) is 18.2 Å². The molecule has 2 aromatic carbocycles. The molecule has 27 heavy (non-hydrogen) atoms. The van der Waals surface area contributed by atoms with Crippen LogP contribution in [0.15, 0.2) is 30.3 Å². The van der Waals surface area contributed by atoms with Gasteiger partial charge in [0.25, 0.3) is 0 Å². The number of nitrogens with one attached hydrogen (secondary N) is 1. The number of ether oxygens (including phenoxy) is 2. The zero-order valence-electron chi connectivity index (χ0n) is 15.4. The quantitative estimate of drug-likeness (QED) is 0.565. The number of halogens is 3. The van der Waals surface area contributed by atoms with Crippen LogP contribution < -0.4 is 14.8 Å².